The van der Waals surface area contributed by atoms with Crippen LogP contribution in [0, 0.1) is 0 Å². The van der Waals surface area contributed by atoms with Gasteiger partial charge in [0.2, 0.25) is 0 Å². The zero-order valence-electron chi connectivity index (χ0n) is 13.3. The fourth-order valence-corrected chi connectivity index (χ4v) is 3.28. The highest BCUT2D eigenvalue weighted by molar-refractivity contribution is 7.05. The average Bonchev–Trinajstić information content (AvgIpc) is 2.91. The molecular formula is C16H23N3OS. The summed E-state index contributed by atoms with van der Waals surface area (Å²) in [4.78, 5) is 1.18. The second-order valence-electron chi connectivity index (χ2n) is 5.96. The van der Waals surface area contributed by atoms with Gasteiger partial charge >= 0.3 is 0 Å². The molecule has 0 bridgehead atoms. The molecule has 2 aromatic rings. The molecule has 1 aromatic carbocycles. The summed E-state index contributed by atoms with van der Waals surface area (Å²) in [5.74, 6) is 0.898. The Morgan fingerprint density at radius 2 is 1.90 bits per heavy atom. The van der Waals surface area contributed by atoms with Crippen LogP contribution in [-0.2, 0) is 5.41 Å². The van der Waals surface area contributed by atoms with Crippen molar-refractivity contribution in [2.45, 2.75) is 39.2 Å². The SMILES string of the molecule is CCOc1ccc(C(NC)c2snnc2C(C)(C)C)cc1. The summed E-state index contributed by atoms with van der Waals surface area (Å²) in [7, 11) is 1.97. The molecule has 0 fully saturated rings. The normalized spacial score (nSPS) is 13.2. The highest BCUT2D eigenvalue weighted by atomic mass is 32.1. The minimum Gasteiger partial charge on any atom is -0.494 e. The van der Waals surface area contributed by atoms with Crippen molar-refractivity contribution in [3.8, 4) is 5.75 Å². The molecule has 2 rings (SSSR count). The number of hydrogen-bond donors (Lipinski definition) is 1. The van der Waals surface area contributed by atoms with Crippen LogP contribution in [0.15, 0.2) is 24.3 Å². The summed E-state index contributed by atoms with van der Waals surface area (Å²) in [6.07, 6.45) is 0. The molecule has 114 valence electrons. The predicted octanol–water partition coefficient (Wildman–Crippen LogP) is 3.54. The number of hydrogen-bond acceptors (Lipinski definition) is 5. The van der Waals surface area contributed by atoms with Crippen LogP contribution in [0.5, 0.6) is 5.75 Å². The lowest BCUT2D eigenvalue weighted by Crippen LogP contribution is -2.22. The molecule has 0 amide bonds. The van der Waals surface area contributed by atoms with Gasteiger partial charge in [-0.15, -0.1) is 5.10 Å². The van der Waals surface area contributed by atoms with E-state index in [2.05, 4.69) is 47.8 Å². The van der Waals surface area contributed by atoms with Crippen molar-refractivity contribution < 1.29 is 4.74 Å². The molecule has 0 saturated carbocycles. The molecule has 1 atom stereocenters. The third-order valence-corrected chi connectivity index (χ3v) is 4.09. The van der Waals surface area contributed by atoms with Crippen molar-refractivity contribution in [1.29, 1.82) is 0 Å². The molecule has 5 heteroatoms. The van der Waals surface area contributed by atoms with Gasteiger partial charge in [-0.05, 0) is 43.2 Å². The molecule has 1 aromatic heterocycles. The maximum absolute atomic E-state index is 5.50. The Morgan fingerprint density at radius 3 is 2.43 bits per heavy atom. The van der Waals surface area contributed by atoms with Crippen molar-refractivity contribution in [2.75, 3.05) is 13.7 Å². The summed E-state index contributed by atoms with van der Waals surface area (Å²) in [5, 5.41) is 7.71. The molecular weight excluding hydrogens is 282 g/mol. The number of nitrogens with zero attached hydrogens (tertiary/aromatic N) is 2. The van der Waals surface area contributed by atoms with Crippen LogP contribution < -0.4 is 10.1 Å². The summed E-state index contributed by atoms with van der Waals surface area (Å²) < 4.78 is 9.66. The van der Waals surface area contributed by atoms with E-state index in [-0.39, 0.29) is 11.5 Å². The molecule has 0 radical (unpaired) electrons. The van der Waals surface area contributed by atoms with Gasteiger partial charge in [0.1, 0.15) is 5.75 Å². The molecule has 21 heavy (non-hydrogen) atoms. The fourth-order valence-electron chi connectivity index (χ4n) is 2.28. The van der Waals surface area contributed by atoms with Crippen LogP contribution in [-0.4, -0.2) is 23.2 Å². The quantitative estimate of drug-likeness (QED) is 0.918. The van der Waals surface area contributed by atoms with Crippen molar-refractivity contribution >= 4 is 11.5 Å². The van der Waals surface area contributed by atoms with E-state index in [0.29, 0.717) is 6.61 Å². The fraction of sp³-hybridized carbons (Fsp3) is 0.500. The Kier molecular flexibility index (Phi) is 4.96. The van der Waals surface area contributed by atoms with Crippen molar-refractivity contribution in [1.82, 2.24) is 14.9 Å². The van der Waals surface area contributed by atoms with Crippen LogP contribution in [0.1, 0.15) is 49.9 Å². The first kappa shape index (κ1) is 15.9. The molecule has 1 heterocycles. The molecule has 0 aliphatic carbocycles. The summed E-state index contributed by atoms with van der Waals surface area (Å²) in [6, 6.07) is 8.31. The van der Waals surface area contributed by atoms with E-state index in [1.807, 2.05) is 26.1 Å². The molecule has 1 unspecified atom stereocenters. The Bertz CT molecular complexity index is 572. The van der Waals surface area contributed by atoms with Gasteiger partial charge in [0.05, 0.1) is 23.2 Å². The second-order valence-corrected chi connectivity index (χ2v) is 6.75. The minimum absolute atomic E-state index is 0.0112. The zero-order chi connectivity index (χ0) is 15.5. The predicted molar refractivity (Wildman–Crippen MR) is 87.1 cm³/mol. The zero-order valence-corrected chi connectivity index (χ0v) is 14.1. The highest BCUT2D eigenvalue weighted by Gasteiger charge is 2.27. The number of ether oxygens (including phenoxy) is 1. The lowest BCUT2D eigenvalue weighted by atomic mass is 9.89. The topological polar surface area (TPSA) is 47.0 Å². The largest absolute Gasteiger partial charge is 0.494 e. The smallest absolute Gasteiger partial charge is 0.119 e. The van der Waals surface area contributed by atoms with Crippen LogP contribution >= 0.6 is 11.5 Å². The number of benzene rings is 1. The van der Waals surface area contributed by atoms with Gasteiger partial charge in [-0.25, -0.2) is 0 Å². The number of aromatic nitrogens is 2. The van der Waals surface area contributed by atoms with Crippen molar-refractivity contribution in [2.24, 2.45) is 0 Å². The van der Waals surface area contributed by atoms with Gasteiger partial charge in [-0.3, -0.25) is 0 Å². The third-order valence-electron chi connectivity index (χ3n) is 3.30. The lowest BCUT2D eigenvalue weighted by molar-refractivity contribution is 0.340. The van der Waals surface area contributed by atoms with E-state index in [1.165, 1.54) is 22.0 Å². The van der Waals surface area contributed by atoms with E-state index in [0.717, 1.165) is 11.4 Å². The summed E-state index contributed by atoms with van der Waals surface area (Å²) >= 11 is 1.46. The van der Waals surface area contributed by atoms with Crippen LogP contribution in [0.4, 0.5) is 0 Å². The van der Waals surface area contributed by atoms with Gasteiger partial charge < -0.3 is 10.1 Å². The summed E-state index contributed by atoms with van der Waals surface area (Å²) in [5.41, 5.74) is 2.24. The first-order valence-corrected chi connectivity index (χ1v) is 7.97. The molecule has 1 N–H and O–H groups in total. The second kappa shape index (κ2) is 6.54. The van der Waals surface area contributed by atoms with Gasteiger partial charge in [0.25, 0.3) is 0 Å². The van der Waals surface area contributed by atoms with E-state index in [4.69, 9.17) is 4.74 Å². The van der Waals surface area contributed by atoms with Gasteiger partial charge in [-0.1, -0.05) is 37.4 Å². The first-order chi connectivity index (χ1) is 9.97. The monoisotopic (exact) mass is 305 g/mol. The van der Waals surface area contributed by atoms with Crippen molar-refractivity contribution in [3.05, 3.63) is 40.4 Å². The van der Waals surface area contributed by atoms with Crippen LogP contribution in [0.25, 0.3) is 0 Å². The van der Waals surface area contributed by atoms with E-state index < -0.39 is 0 Å². The Balaban J connectivity index is 2.34. The number of rotatable bonds is 5. The molecule has 0 spiro atoms. The highest BCUT2D eigenvalue weighted by Crippen LogP contribution is 2.33. The maximum atomic E-state index is 5.50. The first-order valence-electron chi connectivity index (χ1n) is 7.20. The number of nitrogens with one attached hydrogen (secondary N) is 1. The minimum atomic E-state index is -0.0112. The Labute approximate surface area is 130 Å². The van der Waals surface area contributed by atoms with Gasteiger partial charge in [0, 0.05) is 5.41 Å². The maximum Gasteiger partial charge on any atom is 0.119 e. The van der Waals surface area contributed by atoms with E-state index in [1.54, 1.807) is 0 Å². The van der Waals surface area contributed by atoms with E-state index in [9.17, 15) is 0 Å². The molecule has 4 nitrogen and oxygen atoms in total. The summed E-state index contributed by atoms with van der Waals surface area (Å²) in [6.45, 7) is 9.17. The van der Waals surface area contributed by atoms with Crippen LogP contribution in [0.3, 0.4) is 0 Å². The third kappa shape index (κ3) is 3.60. The standard InChI is InChI=1S/C16H23N3OS/c1-6-20-12-9-7-11(8-10-12)13(17-5)14-15(16(2,3)4)18-19-21-14/h7-10,13,17H,6H2,1-5H3. The lowest BCUT2D eigenvalue weighted by Gasteiger charge is -2.22. The Morgan fingerprint density at radius 1 is 1.24 bits per heavy atom. The van der Waals surface area contributed by atoms with Crippen molar-refractivity contribution in [3.63, 3.8) is 0 Å². The molecule has 0 saturated heterocycles. The average molecular weight is 305 g/mol. The van der Waals surface area contributed by atoms with Gasteiger partial charge in [0.15, 0.2) is 0 Å². The Hall–Kier alpha value is -1.46. The van der Waals surface area contributed by atoms with Gasteiger partial charge in [-0.2, -0.15) is 0 Å². The van der Waals surface area contributed by atoms with E-state index >= 15 is 0 Å². The van der Waals surface area contributed by atoms with Crippen LogP contribution in [0.2, 0.25) is 0 Å². The molecule has 0 aliphatic rings. The molecule has 0 aliphatic heterocycles.